The van der Waals surface area contributed by atoms with Gasteiger partial charge in [-0.3, -0.25) is 19.2 Å². The molecule has 0 amide bonds. The predicted octanol–water partition coefficient (Wildman–Crippen LogP) is 6.28. The Morgan fingerprint density at radius 2 is 0.514 bits per heavy atom. The third kappa shape index (κ3) is 8.73. The van der Waals surface area contributed by atoms with Crippen molar-refractivity contribution in [2.45, 2.75) is 12.8 Å². The molecule has 0 atom stereocenters. The molecule has 35 heavy (non-hydrogen) atoms. The van der Waals surface area contributed by atoms with Crippen molar-refractivity contribution in [3.63, 3.8) is 0 Å². The minimum Gasteiger partial charge on any atom is -0.294 e. The Bertz CT molecular complexity index is 1040. The van der Waals surface area contributed by atoms with Crippen LogP contribution >= 0.6 is 0 Å². The predicted molar refractivity (Wildman–Crippen MR) is 132 cm³/mol. The molecule has 4 nitrogen and oxygen atoms in total. The molecule has 0 saturated carbocycles. The van der Waals surface area contributed by atoms with E-state index in [4.69, 9.17) is 0 Å². The fourth-order valence-corrected chi connectivity index (χ4v) is 3.20. The Morgan fingerprint density at radius 3 is 0.686 bits per heavy atom. The Labute approximate surface area is 214 Å². The van der Waals surface area contributed by atoms with Crippen LogP contribution in [0.2, 0.25) is 0 Å². The van der Waals surface area contributed by atoms with E-state index in [2.05, 4.69) is 0 Å². The number of hydrogen-bond donors (Lipinski definition) is 0. The zero-order valence-corrected chi connectivity index (χ0v) is 19.9. The molecule has 0 saturated heterocycles. The largest absolute Gasteiger partial charge is 0.294 e. The summed E-state index contributed by atoms with van der Waals surface area (Å²) in [4.78, 5) is 47.2. The number of hydrogen-bond acceptors (Lipinski definition) is 4. The van der Waals surface area contributed by atoms with Crippen LogP contribution in [0.3, 0.4) is 0 Å². The third-order valence-corrected chi connectivity index (χ3v) is 5.03. The van der Waals surface area contributed by atoms with Crippen LogP contribution in [0.25, 0.3) is 0 Å². The van der Waals surface area contributed by atoms with E-state index in [0.29, 0.717) is 22.3 Å². The van der Waals surface area contributed by atoms with Crippen LogP contribution in [0.15, 0.2) is 121 Å². The second-order valence-corrected chi connectivity index (χ2v) is 7.51. The van der Waals surface area contributed by atoms with Gasteiger partial charge in [-0.25, -0.2) is 0 Å². The molecule has 4 aromatic rings. The normalized spacial score (nSPS) is 9.60. The van der Waals surface area contributed by atoms with Gasteiger partial charge in [-0.2, -0.15) is 0 Å². The minimum absolute atomic E-state index is 0. The summed E-state index contributed by atoms with van der Waals surface area (Å²) in [6.45, 7) is 0. The molecular weight excluding hydrogens is 483 g/mol. The summed E-state index contributed by atoms with van der Waals surface area (Å²) in [7, 11) is 0. The second kappa shape index (κ2) is 14.3. The van der Waals surface area contributed by atoms with Gasteiger partial charge in [-0.15, -0.1) is 0 Å². The van der Waals surface area contributed by atoms with Crippen LogP contribution in [0.5, 0.6) is 0 Å². The van der Waals surface area contributed by atoms with Crippen LogP contribution < -0.4 is 0 Å². The minimum atomic E-state index is -0.139. The van der Waals surface area contributed by atoms with E-state index in [1.54, 1.807) is 97.1 Å². The Kier molecular flexibility index (Phi) is 11.2. The Balaban J connectivity index is 0.000000240. The van der Waals surface area contributed by atoms with E-state index in [1.807, 2.05) is 24.3 Å². The molecule has 0 aliphatic carbocycles. The quantitative estimate of drug-likeness (QED) is 0.160. The zero-order chi connectivity index (χ0) is 24.2. The van der Waals surface area contributed by atoms with Gasteiger partial charge in [0.05, 0.1) is 12.8 Å². The van der Waals surface area contributed by atoms with Gasteiger partial charge < -0.3 is 0 Å². The molecule has 178 valence electrons. The molecule has 0 fully saturated rings. The van der Waals surface area contributed by atoms with Crippen molar-refractivity contribution in [3.05, 3.63) is 144 Å². The molecular formula is C30H24NiO4. The number of Topliss-reactive ketones (excluding diaryl/α,β-unsaturated/α-hetero) is 4. The Morgan fingerprint density at radius 1 is 0.343 bits per heavy atom. The smallest absolute Gasteiger partial charge is 0.170 e. The molecule has 0 heterocycles. The van der Waals surface area contributed by atoms with Crippen LogP contribution in [0, 0.1) is 0 Å². The van der Waals surface area contributed by atoms with Gasteiger partial charge in [0.2, 0.25) is 0 Å². The van der Waals surface area contributed by atoms with Gasteiger partial charge in [-0.1, -0.05) is 121 Å². The molecule has 4 aromatic carbocycles. The molecule has 0 spiro atoms. The molecule has 0 unspecified atom stereocenters. The maximum absolute atomic E-state index is 11.8. The fraction of sp³-hybridized carbons (Fsp3) is 0.0667. The average Bonchev–Trinajstić information content (AvgIpc) is 2.91. The van der Waals surface area contributed by atoms with Crippen LogP contribution in [0.1, 0.15) is 54.3 Å². The standard InChI is InChI=1S/2C15H12O2.Ni/c2*16-14(12-7-3-1-4-8-12)11-15(17)13-9-5-2-6-10-13;/h2*1-10H,11H2;. The van der Waals surface area contributed by atoms with Gasteiger partial charge in [0.1, 0.15) is 0 Å². The van der Waals surface area contributed by atoms with Crippen molar-refractivity contribution >= 4 is 23.1 Å². The molecule has 5 heteroatoms. The molecule has 4 rings (SSSR count). The van der Waals surface area contributed by atoms with Gasteiger partial charge in [0.25, 0.3) is 0 Å². The first-order valence-electron chi connectivity index (χ1n) is 10.9. The first-order chi connectivity index (χ1) is 16.5. The fourth-order valence-electron chi connectivity index (χ4n) is 3.20. The third-order valence-electron chi connectivity index (χ3n) is 5.03. The summed E-state index contributed by atoms with van der Waals surface area (Å²) in [6, 6.07) is 35.5. The summed E-state index contributed by atoms with van der Waals surface area (Å²) >= 11 is 0. The van der Waals surface area contributed by atoms with Crippen molar-refractivity contribution < 1.29 is 35.7 Å². The van der Waals surface area contributed by atoms with E-state index >= 15 is 0 Å². The second-order valence-electron chi connectivity index (χ2n) is 7.51. The van der Waals surface area contributed by atoms with E-state index < -0.39 is 0 Å². The Hall–Kier alpha value is -3.95. The first kappa shape index (κ1) is 27.3. The molecule has 0 bridgehead atoms. The zero-order valence-electron chi connectivity index (χ0n) is 18.9. The molecule has 0 aromatic heterocycles. The van der Waals surface area contributed by atoms with E-state index in [-0.39, 0.29) is 52.5 Å². The van der Waals surface area contributed by atoms with Crippen molar-refractivity contribution in [3.8, 4) is 0 Å². The maximum Gasteiger partial charge on any atom is 0.170 e. The van der Waals surface area contributed by atoms with Crippen molar-refractivity contribution in [1.82, 2.24) is 0 Å². The van der Waals surface area contributed by atoms with Crippen molar-refractivity contribution in [2.24, 2.45) is 0 Å². The molecule has 0 aliphatic rings. The molecule has 0 N–H and O–H groups in total. The summed E-state index contributed by atoms with van der Waals surface area (Å²) in [5.41, 5.74) is 2.32. The van der Waals surface area contributed by atoms with Crippen LogP contribution in [-0.2, 0) is 16.5 Å². The number of carbonyl (C=O) groups is 4. The number of ketones is 4. The first-order valence-corrected chi connectivity index (χ1v) is 10.9. The SMILES string of the molecule is O=C(CC(=O)c1ccccc1)c1ccccc1.O=C(CC(=O)c1ccccc1)c1ccccc1.[Ni]. The van der Waals surface area contributed by atoms with Gasteiger partial charge >= 0.3 is 0 Å². The maximum atomic E-state index is 11.8. The average molecular weight is 507 g/mol. The van der Waals surface area contributed by atoms with Crippen LogP contribution in [0.4, 0.5) is 0 Å². The van der Waals surface area contributed by atoms with Gasteiger partial charge in [0.15, 0.2) is 23.1 Å². The molecule has 0 radical (unpaired) electrons. The van der Waals surface area contributed by atoms with Gasteiger partial charge in [-0.05, 0) is 0 Å². The number of carbonyl (C=O) groups excluding carboxylic acids is 4. The summed E-state index contributed by atoms with van der Waals surface area (Å²) in [5, 5.41) is 0. The van der Waals surface area contributed by atoms with E-state index in [0.717, 1.165) is 0 Å². The summed E-state index contributed by atoms with van der Waals surface area (Å²) in [5.74, 6) is -0.558. The number of rotatable bonds is 8. The number of benzene rings is 4. The molecule has 0 aliphatic heterocycles. The van der Waals surface area contributed by atoms with Gasteiger partial charge in [0, 0.05) is 38.7 Å². The summed E-state index contributed by atoms with van der Waals surface area (Å²) < 4.78 is 0. The van der Waals surface area contributed by atoms with Crippen molar-refractivity contribution in [2.75, 3.05) is 0 Å². The summed E-state index contributed by atoms with van der Waals surface area (Å²) in [6.07, 6.45) is -0.151. The monoisotopic (exact) mass is 506 g/mol. The van der Waals surface area contributed by atoms with E-state index in [1.165, 1.54) is 0 Å². The van der Waals surface area contributed by atoms with Crippen molar-refractivity contribution in [1.29, 1.82) is 0 Å². The van der Waals surface area contributed by atoms with Crippen LogP contribution in [-0.4, -0.2) is 23.1 Å². The topological polar surface area (TPSA) is 68.3 Å². The van der Waals surface area contributed by atoms with E-state index in [9.17, 15) is 19.2 Å².